The first-order valence-corrected chi connectivity index (χ1v) is 10.9. The van der Waals surface area contributed by atoms with Crippen molar-refractivity contribution in [2.45, 2.75) is 45.8 Å². The highest BCUT2D eigenvalue weighted by Gasteiger charge is 2.37. The number of carbonyl (C=O) groups excluding carboxylic acids is 1. The van der Waals surface area contributed by atoms with Gasteiger partial charge in [-0.2, -0.15) is 0 Å². The van der Waals surface area contributed by atoms with Gasteiger partial charge >= 0.3 is 6.03 Å². The average molecular weight is 341 g/mol. The lowest BCUT2D eigenvalue weighted by atomic mass is 10.2. The molecular weight excluding hydrogens is 311 g/mol. The largest absolute Gasteiger partial charge is 0.415 e. The molecule has 0 heterocycles. The fraction of sp³-hybridized carbons (Fsp3) is 0.588. The summed E-state index contributed by atoms with van der Waals surface area (Å²) < 4.78 is 19.0. The van der Waals surface area contributed by atoms with E-state index in [2.05, 4.69) is 39.2 Å². The number of likely N-dealkylation sites (N-methyl/N-ethyl adjacent to an activating group) is 1. The number of benzene rings is 1. The van der Waals surface area contributed by atoms with Gasteiger partial charge in [-0.05, 0) is 49.3 Å². The Morgan fingerprint density at radius 3 is 2.30 bits per heavy atom. The average Bonchev–Trinajstić information content (AvgIpc) is 2.44. The van der Waals surface area contributed by atoms with Gasteiger partial charge in [0, 0.05) is 18.8 Å². The van der Waals surface area contributed by atoms with Gasteiger partial charge in [0.05, 0.1) is 6.61 Å². The van der Waals surface area contributed by atoms with E-state index >= 15 is 0 Å². The Labute approximate surface area is 140 Å². The molecule has 4 nitrogen and oxygen atoms in total. The summed E-state index contributed by atoms with van der Waals surface area (Å²) in [6.45, 7) is 14.6. The lowest BCUT2D eigenvalue weighted by Gasteiger charge is -2.36. The molecule has 0 saturated carbocycles. The van der Waals surface area contributed by atoms with Crippen LogP contribution in [0.15, 0.2) is 24.3 Å². The molecule has 0 aliphatic heterocycles. The van der Waals surface area contributed by atoms with Crippen LogP contribution in [0.5, 0.6) is 0 Å². The van der Waals surface area contributed by atoms with Crippen LogP contribution in [0.2, 0.25) is 18.1 Å². The number of urea groups is 1. The van der Waals surface area contributed by atoms with Crippen LogP contribution in [0.3, 0.4) is 0 Å². The quantitative estimate of drug-likeness (QED) is 0.763. The van der Waals surface area contributed by atoms with Crippen LogP contribution < -0.4 is 5.32 Å². The molecule has 1 aromatic carbocycles. The van der Waals surface area contributed by atoms with Crippen molar-refractivity contribution in [3.05, 3.63) is 30.1 Å². The Kier molecular flexibility index (Phi) is 6.77. The Hall–Kier alpha value is -1.40. The van der Waals surface area contributed by atoms with Crippen LogP contribution in [0.4, 0.5) is 14.9 Å². The Bertz CT molecular complexity index is 512. The highest BCUT2D eigenvalue weighted by molar-refractivity contribution is 6.74. The number of hydrogen-bond acceptors (Lipinski definition) is 2. The van der Waals surface area contributed by atoms with Gasteiger partial charge in [0.15, 0.2) is 8.32 Å². The molecule has 130 valence electrons. The predicted octanol–water partition coefficient (Wildman–Crippen LogP) is 4.70. The zero-order valence-electron chi connectivity index (χ0n) is 15.1. The summed E-state index contributed by atoms with van der Waals surface area (Å²) in [6, 6.07) is 5.55. The van der Waals surface area contributed by atoms with Crippen molar-refractivity contribution in [2.24, 2.45) is 0 Å². The summed E-state index contributed by atoms with van der Waals surface area (Å²) >= 11 is 0. The van der Waals surface area contributed by atoms with Gasteiger partial charge in [0.25, 0.3) is 0 Å². The zero-order valence-corrected chi connectivity index (χ0v) is 16.1. The first-order chi connectivity index (χ1) is 10.6. The van der Waals surface area contributed by atoms with E-state index < -0.39 is 8.32 Å². The predicted molar refractivity (Wildman–Crippen MR) is 95.8 cm³/mol. The van der Waals surface area contributed by atoms with Gasteiger partial charge < -0.3 is 14.6 Å². The van der Waals surface area contributed by atoms with Gasteiger partial charge in [-0.15, -0.1) is 0 Å². The maximum atomic E-state index is 12.9. The third-order valence-electron chi connectivity index (χ3n) is 4.39. The molecule has 2 amide bonds. The van der Waals surface area contributed by atoms with Crippen LogP contribution in [0.1, 0.15) is 27.7 Å². The third kappa shape index (κ3) is 5.95. The molecule has 0 aromatic heterocycles. The van der Waals surface area contributed by atoms with Crippen molar-refractivity contribution >= 4 is 20.0 Å². The molecule has 0 aliphatic rings. The van der Waals surface area contributed by atoms with Gasteiger partial charge in [-0.3, -0.25) is 0 Å². The number of nitrogens with one attached hydrogen (secondary N) is 1. The van der Waals surface area contributed by atoms with Crippen molar-refractivity contribution in [1.29, 1.82) is 0 Å². The van der Waals surface area contributed by atoms with Crippen molar-refractivity contribution < 1.29 is 13.6 Å². The molecule has 0 spiro atoms. The van der Waals surface area contributed by atoms with E-state index in [1.54, 1.807) is 17.0 Å². The number of amides is 2. The maximum absolute atomic E-state index is 12.9. The van der Waals surface area contributed by atoms with Crippen LogP contribution in [-0.4, -0.2) is 38.9 Å². The molecular formula is C17H29FN2O2Si. The van der Waals surface area contributed by atoms with E-state index in [1.807, 2.05) is 6.92 Å². The number of hydrogen-bond donors (Lipinski definition) is 1. The van der Waals surface area contributed by atoms with Crippen molar-refractivity contribution in [3.63, 3.8) is 0 Å². The van der Waals surface area contributed by atoms with Crippen molar-refractivity contribution in [2.75, 3.05) is 25.0 Å². The SMILES string of the molecule is CCN(CCO[Si](C)(C)C(C)(C)C)C(=O)Nc1ccc(F)cc1. The minimum absolute atomic E-state index is 0.153. The molecule has 0 bridgehead atoms. The summed E-state index contributed by atoms with van der Waals surface area (Å²) in [7, 11) is -1.80. The Morgan fingerprint density at radius 2 is 1.83 bits per heavy atom. The molecule has 0 aliphatic carbocycles. The Balaban J connectivity index is 2.53. The maximum Gasteiger partial charge on any atom is 0.321 e. The molecule has 1 N–H and O–H groups in total. The molecule has 23 heavy (non-hydrogen) atoms. The number of halogens is 1. The minimum Gasteiger partial charge on any atom is -0.415 e. The lowest BCUT2D eigenvalue weighted by Crippen LogP contribution is -2.44. The fourth-order valence-electron chi connectivity index (χ4n) is 1.77. The second-order valence-corrected chi connectivity index (χ2v) is 11.9. The summed E-state index contributed by atoms with van der Waals surface area (Å²) in [5.74, 6) is -0.321. The van der Waals surface area contributed by atoms with Gasteiger partial charge in [-0.25, -0.2) is 9.18 Å². The smallest absolute Gasteiger partial charge is 0.321 e. The molecule has 0 saturated heterocycles. The van der Waals surface area contributed by atoms with Crippen molar-refractivity contribution in [3.8, 4) is 0 Å². The molecule has 0 fully saturated rings. The zero-order chi connectivity index (χ0) is 17.7. The van der Waals surface area contributed by atoms with Crippen molar-refractivity contribution in [1.82, 2.24) is 4.90 Å². The highest BCUT2D eigenvalue weighted by atomic mass is 28.4. The third-order valence-corrected chi connectivity index (χ3v) is 8.93. The number of nitrogens with zero attached hydrogens (tertiary/aromatic N) is 1. The number of anilines is 1. The molecule has 0 atom stereocenters. The topological polar surface area (TPSA) is 41.6 Å². The van der Waals surface area contributed by atoms with E-state index in [9.17, 15) is 9.18 Å². The van der Waals surface area contributed by atoms with E-state index in [0.29, 0.717) is 25.4 Å². The second-order valence-electron chi connectivity index (χ2n) is 7.13. The van der Waals surface area contributed by atoms with Crippen LogP contribution >= 0.6 is 0 Å². The Morgan fingerprint density at radius 1 is 1.26 bits per heavy atom. The van der Waals surface area contributed by atoms with Gasteiger partial charge in [0.2, 0.25) is 0 Å². The van der Waals surface area contributed by atoms with E-state index in [1.165, 1.54) is 12.1 Å². The summed E-state index contributed by atoms with van der Waals surface area (Å²) in [5.41, 5.74) is 0.583. The summed E-state index contributed by atoms with van der Waals surface area (Å²) in [5, 5.41) is 2.93. The molecule has 6 heteroatoms. The highest BCUT2D eigenvalue weighted by Crippen LogP contribution is 2.36. The summed E-state index contributed by atoms with van der Waals surface area (Å²) in [4.78, 5) is 13.9. The first-order valence-electron chi connectivity index (χ1n) is 8.02. The van der Waals surface area contributed by atoms with E-state index in [-0.39, 0.29) is 16.9 Å². The number of rotatable bonds is 6. The first kappa shape index (κ1) is 19.6. The molecule has 0 radical (unpaired) electrons. The normalized spacial score (nSPS) is 12.1. The minimum atomic E-state index is -1.80. The molecule has 1 rings (SSSR count). The summed E-state index contributed by atoms with van der Waals surface area (Å²) in [6.07, 6.45) is 0. The van der Waals surface area contributed by atoms with Gasteiger partial charge in [0.1, 0.15) is 5.82 Å². The van der Waals surface area contributed by atoms with Gasteiger partial charge in [-0.1, -0.05) is 20.8 Å². The van der Waals surface area contributed by atoms with Crippen LogP contribution in [-0.2, 0) is 4.43 Å². The second kappa shape index (κ2) is 7.92. The van der Waals surface area contributed by atoms with Crippen LogP contribution in [0.25, 0.3) is 0 Å². The van der Waals surface area contributed by atoms with E-state index in [0.717, 1.165) is 0 Å². The fourth-order valence-corrected chi connectivity index (χ4v) is 2.80. The lowest BCUT2D eigenvalue weighted by molar-refractivity contribution is 0.193. The van der Waals surface area contributed by atoms with Crippen LogP contribution in [0, 0.1) is 5.82 Å². The standard InChI is InChI=1S/C17H29FN2O2Si/c1-7-20(12-13-22-23(5,6)17(2,3)4)16(21)19-15-10-8-14(18)9-11-15/h8-11H,7,12-13H2,1-6H3,(H,19,21). The van der Waals surface area contributed by atoms with E-state index in [4.69, 9.17) is 4.43 Å². The monoisotopic (exact) mass is 340 g/mol. The molecule has 0 unspecified atom stereocenters. The molecule has 1 aromatic rings. The number of carbonyl (C=O) groups is 1.